The second-order valence-electron chi connectivity index (χ2n) is 4.09. The van der Waals surface area contributed by atoms with Crippen molar-refractivity contribution < 1.29 is 9.53 Å². The highest BCUT2D eigenvalue weighted by Gasteiger charge is 2.43. The summed E-state index contributed by atoms with van der Waals surface area (Å²) >= 11 is 1.57. The van der Waals surface area contributed by atoms with Crippen molar-refractivity contribution in [2.75, 3.05) is 7.11 Å². The molecule has 4 heteroatoms. The number of carbonyl (C=O) groups is 1. The molecule has 1 aromatic carbocycles. The number of esters is 1. The van der Waals surface area contributed by atoms with E-state index in [4.69, 9.17) is 10.5 Å². The second kappa shape index (κ2) is 4.11. The van der Waals surface area contributed by atoms with E-state index in [1.807, 2.05) is 25.1 Å². The van der Waals surface area contributed by atoms with E-state index in [0.717, 1.165) is 0 Å². The molecule has 0 fully saturated rings. The number of rotatable bonds is 2. The van der Waals surface area contributed by atoms with Gasteiger partial charge in [-0.1, -0.05) is 18.2 Å². The predicted molar refractivity (Wildman–Crippen MR) is 64.1 cm³/mol. The number of nitrogens with two attached hydrogens (primary N) is 1. The molecule has 1 aromatic rings. The molecule has 1 heterocycles. The van der Waals surface area contributed by atoms with Crippen LogP contribution in [0.15, 0.2) is 29.2 Å². The summed E-state index contributed by atoms with van der Waals surface area (Å²) in [6.45, 7) is 1.82. The fraction of sp³-hybridized carbons (Fsp3) is 0.417. The number of benzene rings is 1. The van der Waals surface area contributed by atoms with Gasteiger partial charge in [0.1, 0.15) is 0 Å². The zero-order chi connectivity index (χ0) is 11.8. The van der Waals surface area contributed by atoms with Crippen LogP contribution in [0.4, 0.5) is 0 Å². The van der Waals surface area contributed by atoms with E-state index in [1.165, 1.54) is 17.6 Å². The Balaban J connectivity index is 2.23. The molecule has 16 heavy (non-hydrogen) atoms. The first-order chi connectivity index (χ1) is 7.57. The second-order valence-corrected chi connectivity index (χ2v) is 5.49. The number of fused-ring (bicyclic) bond motifs is 1. The monoisotopic (exact) mass is 237 g/mol. The SMILES string of the molecule is COC(=O)[C@@H](C)C1(N)Cc2ccccc2S1. The molecule has 2 rings (SSSR count). The van der Waals surface area contributed by atoms with Crippen molar-refractivity contribution in [1.82, 2.24) is 0 Å². The molecular weight excluding hydrogens is 222 g/mol. The van der Waals surface area contributed by atoms with Crippen molar-refractivity contribution in [2.45, 2.75) is 23.1 Å². The largest absolute Gasteiger partial charge is 0.469 e. The van der Waals surface area contributed by atoms with Crippen LogP contribution >= 0.6 is 11.8 Å². The minimum atomic E-state index is -0.573. The minimum Gasteiger partial charge on any atom is -0.469 e. The average Bonchev–Trinajstić information content (AvgIpc) is 2.64. The van der Waals surface area contributed by atoms with Gasteiger partial charge in [0.2, 0.25) is 0 Å². The van der Waals surface area contributed by atoms with E-state index in [-0.39, 0.29) is 11.9 Å². The molecule has 0 spiro atoms. The lowest BCUT2D eigenvalue weighted by Gasteiger charge is -2.27. The summed E-state index contributed by atoms with van der Waals surface area (Å²) < 4.78 is 4.76. The number of carbonyl (C=O) groups excluding carboxylic acids is 1. The molecule has 1 aliphatic heterocycles. The Labute approximate surface area is 99.4 Å². The van der Waals surface area contributed by atoms with Gasteiger partial charge < -0.3 is 10.5 Å². The Morgan fingerprint density at radius 1 is 1.56 bits per heavy atom. The van der Waals surface area contributed by atoms with Crippen molar-refractivity contribution in [3.63, 3.8) is 0 Å². The van der Waals surface area contributed by atoms with Crippen molar-refractivity contribution in [1.29, 1.82) is 0 Å². The van der Waals surface area contributed by atoms with Crippen molar-refractivity contribution in [3.05, 3.63) is 29.8 Å². The average molecular weight is 237 g/mol. The van der Waals surface area contributed by atoms with Crippen LogP contribution in [0.3, 0.4) is 0 Å². The van der Waals surface area contributed by atoms with E-state index in [1.54, 1.807) is 11.8 Å². The standard InChI is InChI=1S/C12H15NO2S/c1-8(11(14)15-2)12(13)7-9-5-3-4-6-10(9)16-12/h3-6,8H,7,13H2,1-2H3/t8-,12?/m1/s1. The fourth-order valence-electron chi connectivity index (χ4n) is 1.91. The molecule has 0 bridgehead atoms. The number of hydrogen-bond acceptors (Lipinski definition) is 4. The van der Waals surface area contributed by atoms with E-state index in [9.17, 15) is 4.79 Å². The predicted octanol–water partition coefficient (Wildman–Crippen LogP) is 1.80. The summed E-state index contributed by atoms with van der Waals surface area (Å²) in [6, 6.07) is 8.08. The number of hydrogen-bond donors (Lipinski definition) is 1. The maximum Gasteiger partial charge on any atom is 0.311 e. The van der Waals surface area contributed by atoms with E-state index in [0.29, 0.717) is 6.42 Å². The number of ether oxygens (including phenoxy) is 1. The molecule has 86 valence electrons. The summed E-state index contributed by atoms with van der Waals surface area (Å²) in [7, 11) is 1.40. The summed E-state index contributed by atoms with van der Waals surface area (Å²) in [5, 5.41) is 0. The molecule has 0 amide bonds. The van der Waals surface area contributed by atoms with Gasteiger partial charge in [0.15, 0.2) is 0 Å². The lowest BCUT2D eigenvalue weighted by molar-refractivity contribution is -0.145. The highest BCUT2D eigenvalue weighted by Crippen LogP contribution is 2.45. The maximum absolute atomic E-state index is 11.5. The molecule has 0 aliphatic carbocycles. The molecule has 0 saturated heterocycles. The van der Waals surface area contributed by atoms with E-state index >= 15 is 0 Å². The van der Waals surface area contributed by atoms with E-state index < -0.39 is 4.87 Å². The molecule has 1 aliphatic rings. The molecule has 0 saturated carbocycles. The van der Waals surface area contributed by atoms with Crippen LogP contribution < -0.4 is 5.73 Å². The van der Waals surface area contributed by atoms with Crippen LogP contribution in [0.2, 0.25) is 0 Å². The summed E-state index contributed by atoms with van der Waals surface area (Å²) in [5.41, 5.74) is 7.51. The molecule has 1 unspecified atom stereocenters. The van der Waals surface area contributed by atoms with Crippen LogP contribution in [-0.2, 0) is 16.0 Å². The fourth-order valence-corrected chi connectivity index (χ4v) is 3.23. The first-order valence-electron chi connectivity index (χ1n) is 5.20. The Hall–Kier alpha value is -1.00. The highest BCUT2D eigenvalue weighted by atomic mass is 32.2. The molecule has 0 aromatic heterocycles. The van der Waals surface area contributed by atoms with Crippen LogP contribution in [0.25, 0.3) is 0 Å². The third-order valence-corrected chi connectivity index (χ3v) is 4.52. The Kier molecular flexibility index (Phi) is 2.95. The smallest absolute Gasteiger partial charge is 0.311 e. The van der Waals surface area contributed by atoms with Crippen molar-refractivity contribution >= 4 is 17.7 Å². The van der Waals surface area contributed by atoms with Crippen LogP contribution in [-0.4, -0.2) is 18.0 Å². The molecule has 3 nitrogen and oxygen atoms in total. The van der Waals surface area contributed by atoms with E-state index in [2.05, 4.69) is 6.07 Å². The quantitative estimate of drug-likeness (QED) is 0.797. The van der Waals surface area contributed by atoms with Gasteiger partial charge in [0, 0.05) is 11.3 Å². The summed E-state index contributed by atoms with van der Waals surface area (Å²) in [4.78, 5) is 12.1. The third-order valence-electron chi connectivity index (χ3n) is 3.03. The highest BCUT2D eigenvalue weighted by molar-refractivity contribution is 8.01. The maximum atomic E-state index is 11.5. The first kappa shape index (κ1) is 11.5. The first-order valence-corrected chi connectivity index (χ1v) is 6.02. The van der Waals surface area contributed by atoms with Crippen LogP contribution in [0, 0.1) is 5.92 Å². The minimum absolute atomic E-state index is 0.247. The zero-order valence-corrected chi connectivity index (χ0v) is 10.2. The Bertz CT molecular complexity index is 394. The normalized spacial score (nSPS) is 24.9. The van der Waals surface area contributed by atoms with Gasteiger partial charge in [-0.2, -0.15) is 0 Å². The van der Waals surface area contributed by atoms with Gasteiger partial charge in [-0.05, 0) is 18.6 Å². The Morgan fingerprint density at radius 2 is 2.25 bits per heavy atom. The van der Waals surface area contributed by atoms with Gasteiger partial charge in [-0.15, -0.1) is 11.8 Å². The number of methoxy groups -OCH3 is 1. The summed E-state index contributed by atoms with van der Waals surface area (Å²) in [6.07, 6.45) is 0.712. The topological polar surface area (TPSA) is 52.3 Å². The molecule has 2 N–H and O–H groups in total. The van der Waals surface area contributed by atoms with Crippen molar-refractivity contribution in [3.8, 4) is 0 Å². The van der Waals surface area contributed by atoms with Gasteiger partial charge in [-0.25, -0.2) is 0 Å². The Morgan fingerprint density at radius 3 is 2.88 bits per heavy atom. The van der Waals surface area contributed by atoms with Gasteiger partial charge in [0.05, 0.1) is 17.9 Å². The zero-order valence-electron chi connectivity index (χ0n) is 9.40. The molecule has 2 atom stereocenters. The van der Waals surface area contributed by atoms with Gasteiger partial charge >= 0.3 is 5.97 Å². The molecular formula is C12H15NO2S. The van der Waals surface area contributed by atoms with Gasteiger partial charge in [-0.3, -0.25) is 4.79 Å². The third kappa shape index (κ3) is 1.83. The van der Waals surface area contributed by atoms with Crippen LogP contribution in [0.1, 0.15) is 12.5 Å². The molecule has 0 radical (unpaired) electrons. The van der Waals surface area contributed by atoms with Gasteiger partial charge in [0.25, 0.3) is 0 Å². The van der Waals surface area contributed by atoms with Crippen molar-refractivity contribution in [2.24, 2.45) is 11.7 Å². The lowest BCUT2D eigenvalue weighted by Crippen LogP contribution is -2.46. The summed E-state index contributed by atoms with van der Waals surface area (Å²) in [5.74, 6) is -0.558. The lowest BCUT2D eigenvalue weighted by atomic mass is 9.95. The number of thioether (sulfide) groups is 1. The van der Waals surface area contributed by atoms with Crippen LogP contribution in [0.5, 0.6) is 0 Å².